The summed E-state index contributed by atoms with van der Waals surface area (Å²) in [4.78, 5) is 12.6. The number of nitrogens with two attached hydrogens (primary N) is 1. The molecule has 0 amide bonds. The second-order valence-electron chi connectivity index (χ2n) is 4.16. The molecular weight excluding hydrogens is 291 g/mol. The van der Waals surface area contributed by atoms with Gasteiger partial charge in [-0.3, -0.25) is 4.79 Å². The third-order valence-corrected chi connectivity index (χ3v) is 2.87. The van der Waals surface area contributed by atoms with E-state index in [1.54, 1.807) is 26.2 Å². The Balaban J connectivity index is 0.000000745. The van der Waals surface area contributed by atoms with Gasteiger partial charge in [-0.05, 0) is 25.1 Å². The molecule has 1 heterocycles. The fourth-order valence-electron chi connectivity index (χ4n) is 1.92. The molecule has 22 heavy (non-hydrogen) atoms. The van der Waals surface area contributed by atoms with Crippen molar-refractivity contribution in [3.05, 3.63) is 35.8 Å². The first-order chi connectivity index (χ1) is 10.5. The van der Waals surface area contributed by atoms with Gasteiger partial charge >= 0.3 is 0 Å². The Morgan fingerprint density at radius 1 is 1.18 bits per heavy atom. The van der Waals surface area contributed by atoms with Crippen LogP contribution in [0.3, 0.4) is 0 Å². The van der Waals surface area contributed by atoms with Crippen LogP contribution in [0.5, 0.6) is 11.5 Å². The number of nitrogens with zero attached hydrogens (tertiary/aromatic N) is 1. The van der Waals surface area contributed by atoms with Crippen molar-refractivity contribution in [3.63, 3.8) is 0 Å². The van der Waals surface area contributed by atoms with Gasteiger partial charge in [-0.2, -0.15) is 0 Å². The lowest BCUT2D eigenvalue weighted by molar-refractivity contribution is -0.122. The van der Waals surface area contributed by atoms with E-state index in [-0.39, 0.29) is 12.3 Å². The van der Waals surface area contributed by atoms with Crippen molar-refractivity contribution in [2.75, 3.05) is 20.0 Å². The molecule has 7 heteroatoms. The van der Waals surface area contributed by atoms with E-state index in [1.807, 2.05) is 0 Å². The maximum Gasteiger partial charge on any atom is 0.290 e. The third-order valence-electron chi connectivity index (χ3n) is 2.87. The number of pyridine rings is 1. The van der Waals surface area contributed by atoms with Crippen LogP contribution >= 0.6 is 0 Å². The number of carbonyl (C=O) groups is 1. The second-order valence-corrected chi connectivity index (χ2v) is 4.16. The molecule has 0 radical (unpaired) electrons. The lowest BCUT2D eigenvalue weighted by Gasteiger charge is -2.13. The number of rotatable bonds is 3. The molecule has 0 fully saturated rings. The summed E-state index contributed by atoms with van der Waals surface area (Å²) in [6.45, 7) is 1.56. The van der Waals surface area contributed by atoms with Gasteiger partial charge in [-0.1, -0.05) is 0 Å². The molecule has 6 nitrogen and oxygen atoms in total. The number of benzene rings is 1. The quantitative estimate of drug-likeness (QED) is 0.846. The number of aryl methyl sites for hydroxylation is 1. The number of anilines is 1. The molecule has 0 atom stereocenters. The molecule has 0 spiro atoms. The minimum atomic E-state index is -0.369. The number of methoxy groups -OCH3 is 2. The molecule has 0 unspecified atom stereocenters. The third kappa shape index (κ3) is 3.85. The SMILES string of the molecule is COc1cc(F)ccc1-c1cc(OC)c(C)nc1N.O=CO. The van der Waals surface area contributed by atoms with Crippen molar-refractivity contribution in [3.8, 4) is 22.6 Å². The Labute approximate surface area is 127 Å². The van der Waals surface area contributed by atoms with E-state index in [1.165, 1.54) is 19.2 Å². The van der Waals surface area contributed by atoms with Crippen LogP contribution in [-0.2, 0) is 4.79 Å². The number of hydrogen-bond acceptors (Lipinski definition) is 5. The summed E-state index contributed by atoms with van der Waals surface area (Å²) in [5.74, 6) is 1.00. The molecular formula is C15H17FN2O4. The second kappa shape index (κ2) is 7.82. The molecule has 1 aromatic heterocycles. The van der Waals surface area contributed by atoms with E-state index in [0.717, 1.165) is 0 Å². The number of carboxylic acid groups (broad SMARTS) is 1. The molecule has 1 aromatic carbocycles. The van der Waals surface area contributed by atoms with Crippen molar-refractivity contribution in [2.45, 2.75) is 6.92 Å². The zero-order chi connectivity index (χ0) is 16.7. The maximum atomic E-state index is 13.2. The smallest absolute Gasteiger partial charge is 0.290 e. The van der Waals surface area contributed by atoms with Crippen molar-refractivity contribution in [1.29, 1.82) is 0 Å². The Morgan fingerprint density at radius 2 is 1.77 bits per heavy atom. The summed E-state index contributed by atoms with van der Waals surface area (Å²) in [5.41, 5.74) is 7.95. The first-order valence-electron chi connectivity index (χ1n) is 6.21. The molecule has 2 aromatic rings. The summed E-state index contributed by atoms with van der Waals surface area (Å²) in [7, 11) is 3.04. The van der Waals surface area contributed by atoms with Gasteiger partial charge in [-0.15, -0.1) is 0 Å². The van der Waals surface area contributed by atoms with Crippen molar-refractivity contribution < 1.29 is 23.8 Å². The molecule has 118 valence electrons. The van der Waals surface area contributed by atoms with Crippen LogP contribution in [0.25, 0.3) is 11.1 Å². The summed E-state index contributed by atoms with van der Waals surface area (Å²) in [6.07, 6.45) is 0. The minimum Gasteiger partial charge on any atom is -0.496 e. The van der Waals surface area contributed by atoms with E-state index in [9.17, 15) is 4.39 Å². The van der Waals surface area contributed by atoms with Crippen LogP contribution in [-0.4, -0.2) is 30.8 Å². The number of halogens is 1. The highest BCUT2D eigenvalue weighted by atomic mass is 19.1. The summed E-state index contributed by atoms with van der Waals surface area (Å²) in [6, 6.07) is 6.04. The van der Waals surface area contributed by atoms with Gasteiger partial charge in [0.2, 0.25) is 0 Å². The van der Waals surface area contributed by atoms with Crippen LogP contribution in [0.15, 0.2) is 24.3 Å². The largest absolute Gasteiger partial charge is 0.496 e. The highest BCUT2D eigenvalue weighted by Gasteiger charge is 2.14. The average molecular weight is 308 g/mol. The van der Waals surface area contributed by atoms with E-state index in [4.69, 9.17) is 25.1 Å². The lowest BCUT2D eigenvalue weighted by atomic mass is 10.0. The number of nitrogen functional groups attached to an aromatic ring is 1. The van der Waals surface area contributed by atoms with Crippen LogP contribution in [0.2, 0.25) is 0 Å². The molecule has 0 aliphatic carbocycles. The monoisotopic (exact) mass is 308 g/mol. The van der Waals surface area contributed by atoms with Gasteiger partial charge in [0, 0.05) is 17.2 Å². The first-order valence-corrected chi connectivity index (χ1v) is 6.21. The number of aromatic nitrogens is 1. The summed E-state index contributed by atoms with van der Waals surface area (Å²) >= 11 is 0. The van der Waals surface area contributed by atoms with E-state index in [2.05, 4.69) is 4.98 Å². The highest BCUT2D eigenvalue weighted by Crippen LogP contribution is 2.36. The predicted octanol–water partition coefficient (Wildman–Crippen LogP) is 2.50. The van der Waals surface area contributed by atoms with Crippen LogP contribution < -0.4 is 15.2 Å². The van der Waals surface area contributed by atoms with Crippen LogP contribution in [0.1, 0.15) is 5.69 Å². The topological polar surface area (TPSA) is 94.7 Å². The number of hydrogen-bond donors (Lipinski definition) is 2. The zero-order valence-electron chi connectivity index (χ0n) is 12.5. The first kappa shape index (κ1) is 17.2. The fourth-order valence-corrected chi connectivity index (χ4v) is 1.92. The summed E-state index contributed by atoms with van der Waals surface area (Å²) < 4.78 is 23.6. The predicted molar refractivity (Wildman–Crippen MR) is 80.6 cm³/mol. The van der Waals surface area contributed by atoms with Crippen LogP contribution in [0.4, 0.5) is 10.2 Å². The average Bonchev–Trinajstić information content (AvgIpc) is 2.48. The van der Waals surface area contributed by atoms with Gasteiger partial charge in [-0.25, -0.2) is 9.37 Å². The lowest BCUT2D eigenvalue weighted by Crippen LogP contribution is -2.00. The van der Waals surface area contributed by atoms with E-state index >= 15 is 0 Å². The zero-order valence-corrected chi connectivity index (χ0v) is 12.5. The van der Waals surface area contributed by atoms with E-state index < -0.39 is 0 Å². The standard InChI is InChI=1S/C14H15FN2O2.CH2O2/c1-8-12(18-2)7-11(14(16)17-8)10-5-4-9(15)6-13(10)19-3;2-1-3/h4-7H,1-3H3,(H2,16,17);1H,(H,2,3). The van der Waals surface area contributed by atoms with Gasteiger partial charge < -0.3 is 20.3 Å². The van der Waals surface area contributed by atoms with Gasteiger partial charge in [0.25, 0.3) is 6.47 Å². The Hall–Kier alpha value is -2.83. The van der Waals surface area contributed by atoms with Crippen molar-refractivity contribution in [1.82, 2.24) is 4.98 Å². The highest BCUT2D eigenvalue weighted by molar-refractivity contribution is 5.79. The van der Waals surface area contributed by atoms with Crippen molar-refractivity contribution in [2.24, 2.45) is 0 Å². The van der Waals surface area contributed by atoms with Gasteiger partial charge in [0.05, 0.1) is 19.9 Å². The Bertz CT molecular complexity index is 662. The molecule has 2 rings (SSSR count). The summed E-state index contributed by atoms with van der Waals surface area (Å²) in [5, 5.41) is 6.89. The van der Waals surface area contributed by atoms with Gasteiger partial charge in [0.15, 0.2) is 0 Å². The van der Waals surface area contributed by atoms with E-state index in [0.29, 0.717) is 34.1 Å². The molecule has 0 bridgehead atoms. The molecule has 3 N–H and O–H groups in total. The minimum absolute atomic E-state index is 0.250. The molecule has 0 aliphatic heterocycles. The van der Waals surface area contributed by atoms with Crippen LogP contribution in [0, 0.1) is 12.7 Å². The normalized spacial score (nSPS) is 9.45. The Morgan fingerprint density at radius 3 is 2.32 bits per heavy atom. The van der Waals surface area contributed by atoms with Gasteiger partial charge in [0.1, 0.15) is 23.1 Å². The molecule has 0 saturated heterocycles. The Kier molecular flexibility index (Phi) is 6.12. The maximum absolute atomic E-state index is 13.2. The fraction of sp³-hybridized carbons (Fsp3) is 0.200. The number of ether oxygens (including phenoxy) is 2. The van der Waals surface area contributed by atoms with Crippen molar-refractivity contribution >= 4 is 12.3 Å². The molecule has 0 saturated carbocycles. The molecule has 0 aliphatic rings.